The van der Waals surface area contributed by atoms with Crippen LogP contribution in [0.4, 0.5) is 0 Å². The van der Waals surface area contributed by atoms with Gasteiger partial charge in [-0.15, -0.1) is 0 Å². The van der Waals surface area contributed by atoms with Crippen molar-refractivity contribution < 1.29 is 14.3 Å². The minimum atomic E-state index is -0.312. The number of nitrogens with zero attached hydrogens (tertiary/aromatic N) is 1. The Morgan fingerprint density at radius 1 is 1.14 bits per heavy atom. The van der Waals surface area contributed by atoms with Gasteiger partial charge in [0.1, 0.15) is 5.75 Å². The zero-order valence-corrected chi connectivity index (χ0v) is 13.1. The van der Waals surface area contributed by atoms with Crippen LogP contribution in [-0.2, 0) is 4.74 Å². The molecule has 0 N–H and O–H groups in total. The summed E-state index contributed by atoms with van der Waals surface area (Å²) in [6, 6.07) is 11.0. The Labute approximate surface area is 129 Å². The van der Waals surface area contributed by atoms with Crippen molar-refractivity contribution >= 4 is 34.1 Å². The minimum absolute atomic E-state index is 0.312. The van der Waals surface area contributed by atoms with E-state index >= 15 is 0 Å². The zero-order valence-electron chi connectivity index (χ0n) is 12.3. The summed E-state index contributed by atoms with van der Waals surface area (Å²) in [4.78, 5) is 13.4. The second-order valence-electron chi connectivity index (χ2n) is 4.71. The van der Waals surface area contributed by atoms with Gasteiger partial charge in [0, 0.05) is 14.1 Å². The fraction of sp³-hybridized carbons (Fsp3) is 0.250. The van der Waals surface area contributed by atoms with Crippen LogP contribution in [0.15, 0.2) is 36.4 Å². The van der Waals surface area contributed by atoms with E-state index in [-0.39, 0.29) is 5.97 Å². The molecule has 0 amide bonds. The van der Waals surface area contributed by atoms with Crippen molar-refractivity contribution in [1.82, 2.24) is 4.90 Å². The molecule has 0 heterocycles. The lowest BCUT2D eigenvalue weighted by Gasteiger charge is -2.14. The van der Waals surface area contributed by atoms with Crippen LogP contribution in [0.1, 0.15) is 17.3 Å². The maximum Gasteiger partial charge on any atom is 0.338 e. The summed E-state index contributed by atoms with van der Waals surface area (Å²) in [7, 11) is 3.66. The van der Waals surface area contributed by atoms with Gasteiger partial charge < -0.3 is 14.4 Å². The van der Waals surface area contributed by atoms with Gasteiger partial charge in [0.15, 0.2) is 0 Å². The number of benzene rings is 2. The van der Waals surface area contributed by atoms with Crippen molar-refractivity contribution in [2.45, 2.75) is 6.92 Å². The second kappa shape index (κ2) is 6.54. The fourth-order valence-electron chi connectivity index (χ4n) is 1.82. The number of carbonyl (C=O) groups is 1. The van der Waals surface area contributed by atoms with Gasteiger partial charge in [-0.1, -0.05) is 12.1 Å². The van der Waals surface area contributed by atoms with Gasteiger partial charge in [0.2, 0.25) is 0 Å². The van der Waals surface area contributed by atoms with Gasteiger partial charge >= 0.3 is 5.97 Å². The molecular formula is C16H17NO3S. The number of hydrogen-bond donors (Lipinski definition) is 0. The van der Waals surface area contributed by atoms with Gasteiger partial charge in [-0.2, -0.15) is 0 Å². The van der Waals surface area contributed by atoms with E-state index in [1.54, 1.807) is 24.0 Å². The highest BCUT2D eigenvalue weighted by molar-refractivity contribution is 7.80. The average Bonchev–Trinajstić information content (AvgIpc) is 2.46. The minimum Gasteiger partial charge on any atom is -0.462 e. The maximum atomic E-state index is 11.7. The molecule has 0 spiro atoms. The molecule has 2 rings (SSSR count). The first-order valence-corrected chi connectivity index (χ1v) is 7.02. The number of rotatable bonds is 3. The van der Waals surface area contributed by atoms with Crippen LogP contribution in [0.5, 0.6) is 5.75 Å². The van der Waals surface area contributed by atoms with E-state index in [1.165, 1.54) is 0 Å². The Bertz CT molecular complexity index is 682. The second-order valence-corrected chi connectivity index (χ2v) is 5.06. The van der Waals surface area contributed by atoms with E-state index in [9.17, 15) is 4.79 Å². The molecule has 0 atom stereocenters. The molecule has 110 valence electrons. The predicted molar refractivity (Wildman–Crippen MR) is 86.8 cm³/mol. The first kappa shape index (κ1) is 15.3. The summed E-state index contributed by atoms with van der Waals surface area (Å²) >= 11 is 5.11. The van der Waals surface area contributed by atoms with Crippen molar-refractivity contribution in [3.05, 3.63) is 42.0 Å². The Balaban J connectivity index is 2.27. The topological polar surface area (TPSA) is 38.8 Å². The number of thiocarbonyl (C=S) groups is 1. The van der Waals surface area contributed by atoms with Crippen molar-refractivity contribution in [2.24, 2.45) is 0 Å². The number of carbonyl (C=O) groups excluding carboxylic acids is 1. The highest BCUT2D eigenvalue weighted by Crippen LogP contribution is 2.23. The van der Waals surface area contributed by atoms with Crippen molar-refractivity contribution in [3.63, 3.8) is 0 Å². The molecule has 0 bridgehead atoms. The number of hydrogen-bond acceptors (Lipinski definition) is 4. The van der Waals surface area contributed by atoms with Crippen LogP contribution in [0.2, 0.25) is 0 Å². The van der Waals surface area contributed by atoms with E-state index in [0.717, 1.165) is 10.8 Å². The van der Waals surface area contributed by atoms with E-state index in [2.05, 4.69) is 0 Å². The molecule has 0 aliphatic rings. The third kappa shape index (κ3) is 3.70. The van der Waals surface area contributed by atoms with Gasteiger partial charge in [-0.3, -0.25) is 0 Å². The fourth-order valence-corrected chi connectivity index (χ4v) is 1.92. The van der Waals surface area contributed by atoms with Crippen LogP contribution >= 0.6 is 12.2 Å². The zero-order chi connectivity index (χ0) is 15.4. The largest absolute Gasteiger partial charge is 0.462 e. The molecule has 0 fully saturated rings. The Morgan fingerprint density at radius 2 is 1.81 bits per heavy atom. The highest BCUT2D eigenvalue weighted by atomic mass is 32.1. The third-order valence-electron chi connectivity index (χ3n) is 2.89. The summed E-state index contributed by atoms with van der Waals surface area (Å²) < 4.78 is 10.6. The lowest BCUT2D eigenvalue weighted by atomic mass is 10.1. The molecule has 5 heteroatoms. The summed E-state index contributed by atoms with van der Waals surface area (Å²) in [6.07, 6.45) is 0. The molecule has 2 aromatic carbocycles. The molecule has 4 nitrogen and oxygen atoms in total. The van der Waals surface area contributed by atoms with Crippen molar-refractivity contribution in [1.29, 1.82) is 0 Å². The van der Waals surface area contributed by atoms with E-state index in [0.29, 0.717) is 23.1 Å². The maximum absolute atomic E-state index is 11.7. The lowest BCUT2D eigenvalue weighted by molar-refractivity contribution is 0.0526. The average molecular weight is 303 g/mol. The molecular weight excluding hydrogens is 286 g/mol. The molecule has 0 aliphatic heterocycles. The monoisotopic (exact) mass is 303 g/mol. The molecule has 0 radical (unpaired) electrons. The Kier molecular flexibility index (Phi) is 4.75. The highest BCUT2D eigenvalue weighted by Gasteiger charge is 2.08. The van der Waals surface area contributed by atoms with Gasteiger partial charge in [-0.05, 0) is 54.2 Å². The quantitative estimate of drug-likeness (QED) is 0.643. The number of ether oxygens (including phenoxy) is 2. The first-order valence-electron chi connectivity index (χ1n) is 6.61. The number of fused-ring (bicyclic) bond motifs is 1. The number of esters is 1. The molecule has 0 aromatic heterocycles. The molecule has 0 saturated heterocycles. The Morgan fingerprint density at radius 3 is 2.48 bits per heavy atom. The normalized spacial score (nSPS) is 10.2. The van der Waals surface area contributed by atoms with Gasteiger partial charge in [0.25, 0.3) is 5.17 Å². The molecule has 0 unspecified atom stereocenters. The summed E-state index contributed by atoms with van der Waals surface area (Å²) in [6.45, 7) is 2.15. The molecule has 21 heavy (non-hydrogen) atoms. The molecule has 2 aromatic rings. The summed E-state index contributed by atoms with van der Waals surface area (Å²) in [5.74, 6) is 0.360. The SMILES string of the molecule is CCOC(=O)c1ccc2cc(OC(=S)N(C)C)ccc2c1. The van der Waals surface area contributed by atoms with Crippen LogP contribution in [0, 0.1) is 0 Å². The first-order chi connectivity index (χ1) is 10.0. The summed E-state index contributed by atoms with van der Waals surface area (Å²) in [5.41, 5.74) is 0.543. The Hall–Kier alpha value is -2.14. The summed E-state index contributed by atoms with van der Waals surface area (Å²) in [5, 5.41) is 2.32. The standard InChI is InChI=1S/C16H17NO3S/c1-4-19-15(18)13-6-5-12-10-14(8-7-11(12)9-13)20-16(21)17(2)3/h5-10H,4H2,1-3H3. The van der Waals surface area contributed by atoms with Crippen LogP contribution in [-0.4, -0.2) is 36.7 Å². The van der Waals surface area contributed by atoms with Crippen LogP contribution in [0.25, 0.3) is 10.8 Å². The van der Waals surface area contributed by atoms with E-state index in [1.807, 2.05) is 38.4 Å². The van der Waals surface area contributed by atoms with Crippen LogP contribution in [0.3, 0.4) is 0 Å². The third-order valence-corrected chi connectivity index (χ3v) is 3.34. The van der Waals surface area contributed by atoms with Gasteiger partial charge in [0.05, 0.1) is 12.2 Å². The van der Waals surface area contributed by atoms with Crippen LogP contribution < -0.4 is 4.74 Å². The smallest absolute Gasteiger partial charge is 0.338 e. The predicted octanol–water partition coefficient (Wildman–Crippen LogP) is 3.24. The molecule has 0 saturated carbocycles. The van der Waals surface area contributed by atoms with Gasteiger partial charge in [-0.25, -0.2) is 4.79 Å². The van der Waals surface area contributed by atoms with E-state index in [4.69, 9.17) is 21.7 Å². The lowest BCUT2D eigenvalue weighted by Crippen LogP contribution is -2.24. The van der Waals surface area contributed by atoms with Crippen molar-refractivity contribution in [3.8, 4) is 5.75 Å². The van der Waals surface area contributed by atoms with Crippen molar-refractivity contribution in [2.75, 3.05) is 20.7 Å². The van der Waals surface area contributed by atoms with E-state index < -0.39 is 0 Å². The molecule has 0 aliphatic carbocycles.